The second kappa shape index (κ2) is 5.39. The van der Waals surface area contributed by atoms with Crippen LogP contribution in [0.5, 0.6) is 0 Å². The van der Waals surface area contributed by atoms with Crippen LogP contribution < -0.4 is 5.32 Å². The number of hydrogen-bond donors (Lipinski definition) is 1. The molecule has 0 aliphatic carbocycles. The zero-order chi connectivity index (χ0) is 13.1. The number of carbonyl (C=O) groups is 1. The van der Waals surface area contributed by atoms with Gasteiger partial charge in [0.2, 0.25) is 0 Å². The van der Waals surface area contributed by atoms with Gasteiger partial charge < -0.3 is 9.80 Å². The molecule has 2 rings (SSSR count). The van der Waals surface area contributed by atoms with Crippen molar-refractivity contribution in [1.82, 2.24) is 19.6 Å². The van der Waals surface area contributed by atoms with Crippen molar-refractivity contribution in [3.8, 4) is 0 Å². The third kappa shape index (κ3) is 2.81. The van der Waals surface area contributed by atoms with E-state index >= 15 is 0 Å². The van der Waals surface area contributed by atoms with E-state index in [0.717, 1.165) is 38.4 Å². The molecule has 0 atom stereocenters. The third-order valence-electron chi connectivity index (χ3n) is 3.46. The molecular formula is C12H21N5O. The van der Waals surface area contributed by atoms with E-state index in [1.165, 1.54) is 0 Å². The third-order valence-corrected chi connectivity index (χ3v) is 3.46. The smallest absolute Gasteiger partial charge is 0.322 e. The number of nitrogens with one attached hydrogen (secondary N) is 1. The Labute approximate surface area is 108 Å². The standard InChI is InChI=1S/C12H21N5O/c1-4-16-5-7-17(8-6-16)12(18)13-11-9-10(2)15(3)14-11/h9H,4-8H2,1-3H3,(H,13,14,18). The van der Waals surface area contributed by atoms with Crippen LogP contribution in [0.1, 0.15) is 12.6 Å². The molecule has 0 aromatic carbocycles. The molecule has 0 radical (unpaired) electrons. The van der Waals surface area contributed by atoms with E-state index in [4.69, 9.17) is 0 Å². The number of aryl methyl sites for hydroxylation is 2. The number of piperazine rings is 1. The molecule has 2 heterocycles. The number of aromatic nitrogens is 2. The summed E-state index contributed by atoms with van der Waals surface area (Å²) in [6.45, 7) is 8.62. The van der Waals surface area contributed by atoms with Gasteiger partial charge in [0.1, 0.15) is 0 Å². The summed E-state index contributed by atoms with van der Waals surface area (Å²) in [6.07, 6.45) is 0. The van der Waals surface area contributed by atoms with Crippen molar-refractivity contribution in [1.29, 1.82) is 0 Å². The largest absolute Gasteiger partial charge is 0.323 e. The average Bonchev–Trinajstić information content (AvgIpc) is 2.68. The Balaban J connectivity index is 1.89. The summed E-state index contributed by atoms with van der Waals surface area (Å²) in [6, 6.07) is 1.82. The summed E-state index contributed by atoms with van der Waals surface area (Å²) >= 11 is 0. The van der Waals surface area contributed by atoms with Crippen molar-refractivity contribution >= 4 is 11.8 Å². The fourth-order valence-corrected chi connectivity index (χ4v) is 2.08. The fourth-order valence-electron chi connectivity index (χ4n) is 2.08. The van der Waals surface area contributed by atoms with Crippen LogP contribution in [0.25, 0.3) is 0 Å². The molecule has 2 amide bonds. The summed E-state index contributed by atoms with van der Waals surface area (Å²) in [7, 11) is 1.87. The van der Waals surface area contributed by atoms with Gasteiger partial charge in [0.15, 0.2) is 5.82 Å². The molecule has 0 spiro atoms. The van der Waals surface area contributed by atoms with E-state index in [1.807, 2.05) is 24.9 Å². The Morgan fingerprint density at radius 3 is 2.56 bits per heavy atom. The highest BCUT2D eigenvalue weighted by molar-refractivity contribution is 5.88. The molecule has 1 aromatic rings. The van der Waals surface area contributed by atoms with Gasteiger partial charge in [-0.1, -0.05) is 6.92 Å². The number of nitrogens with zero attached hydrogens (tertiary/aromatic N) is 4. The molecule has 6 heteroatoms. The Morgan fingerprint density at radius 2 is 2.06 bits per heavy atom. The fraction of sp³-hybridized carbons (Fsp3) is 0.667. The molecule has 1 aromatic heterocycles. The molecule has 1 N–H and O–H groups in total. The number of anilines is 1. The molecule has 1 fully saturated rings. The lowest BCUT2D eigenvalue weighted by molar-refractivity contribution is 0.151. The number of hydrogen-bond acceptors (Lipinski definition) is 3. The number of urea groups is 1. The summed E-state index contributed by atoms with van der Waals surface area (Å²) in [5.41, 5.74) is 1.03. The van der Waals surface area contributed by atoms with E-state index in [2.05, 4.69) is 22.2 Å². The van der Waals surface area contributed by atoms with Gasteiger partial charge in [-0.2, -0.15) is 5.10 Å². The topological polar surface area (TPSA) is 53.4 Å². The molecule has 1 aliphatic rings. The van der Waals surface area contributed by atoms with Crippen LogP contribution in [0.15, 0.2) is 6.07 Å². The van der Waals surface area contributed by atoms with Gasteiger partial charge in [-0.3, -0.25) is 10.00 Å². The monoisotopic (exact) mass is 251 g/mol. The van der Waals surface area contributed by atoms with Crippen molar-refractivity contribution in [2.45, 2.75) is 13.8 Å². The Morgan fingerprint density at radius 1 is 1.39 bits per heavy atom. The Kier molecular flexibility index (Phi) is 3.86. The first-order valence-electron chi connectivity index (χ1n) is 6.39. The van der Waals surface area contributed by atoms with Gasteiger partial charge in [0, 0.05) is 45.0 Å². The van der Waals surface area contributed by atoms with E-state index in [0.29, 0.717) is 5.82 Å². The average molecular weight is 251 g/mol. The first-order chi connectivity index (χ1) is 8.60. The predicted molar refractivity (Wildman–Crippen MR) is 70.7 cm³/mol. The second-order valence-electron chi connectivity index (χ2n) is 4.65. The molecular weight excluding hydrogens is 230 g/mol. The van der Waals surface area contributed by atoms with Crippen LogP contribution in [0.2, 0.25) is 0 Å². The molecule has 0 bridgehead atoms. The van der Waals surface area contributed by atoms with Crippen molar-refractivity contribution in [3.05, 3.63) is 11.8 Å². The van der Waals surface area contributed by atoms with Crippen molar-refractivity contribution < 1.29 is 4.79 Å². The van der Waals surface area contributed by atoms with Crippen LogP contribution in [0, 0.1) is 6.92 Å². The molecule has 6 nitrogen and oxygen atoms in total. The second-order valence-corrected chi connectivity index (χ2v) is 4.65. The first kappa shape index (κ1) is 12.9. The Bertz CT molecular complexity index is 401. The van der Waals surface area contributed by atoms with Gasteiger partial charge in [-0.05, 0) is 13.5 Å². The molecule has 0 unspecified atom stereocenters. The summed E-state index contributed by atoms with van der Waals surface area (Å²) in [5.74, 6) is 0.623. The molecule has 1 saturated heterocycles. The van der Waals surface area contributed by atoms with Crippen LogP contribution >= 0.6 is 0 Å². The quantitative estimate of drug-likeness (QED) is 0.849. The minimum absolute atomic E-state index is 0.0520. The molecule has 0 saturated carbocycles. The lowest BCUT2D eigenvalue weighted by Gasteiger charge is -2.33. The number of carbonyl (C=O) groups excluding carboxylic acids is 1. The van der Waals surface area contributed by atoms with E-state index < -0.39 is 0 Å². The number of rotatable bonds is 2. The minimum atomic E-state index is -0.0520. The number of likely N-dealkylation sites (N-methyl/N-ethyl adjacent to an activating group) is 1. The number of amides is 2. The molecule has 18 heavy (non-hydrogen) atoms. The minimum Gasteiger partial charge on any atom is -0.322 e. The maximum Gasteiger partial charge on any atom is 0.323 e. The lowest BCUT2D eigenvalue weighted by atomic mass is 10.3. The van der Waals surface area contributed by atoms with Gasteiger partial charge in [0.05, 0.1) is 0 Å². The van der Waals surface area contributed by atoms with Crippen LogP contribution in [0.3, 0.4) is 0 Å². The highest BCUT2D eigenvalue weighted by Gasteiger charge is 2.20. The van der Waals surface area contributed by atoms with Crippen LogP contribution in [0.4, 0.5) is 10.6 Å². The van der Waals surface area contributed by atoms with E-state index in [-0.39, 0.29) is 6.03 Å². The summed E-state index contributed by atoms with van der Waals surface area (Å²) < 4.78 is 1.75. The van der Waals surface area contributed by atoms with Gasteiger partial charge in [-0.25, -0.2) is 4.79 Å². The SMILES string of the molecule is CCN1CCN(C(=O)Nc2cc(C)n(C)n2)CC1. The zero-order valence-corrected chi connectivity index (χ0v) is 11.3. The highest BCUT2D eigenvalue weighted by Crippen LogP contribution is 2.09. The maximum atomic E-state index is 12.0. The van der Waals surface area contributed by atoms with Gasteiger partial charge in [0.25, 0.3) is 0 Å². The van der Waals surface area contributed by atoms with Gasteiger partial charge >= 0.3 is 6.03 Å². The van der Waals surface area contributed by atoms with E-state index in [9.17, 15) is 4.79 Å². The van der Waals surface area contributed by atoms with Gasteiger partial charge in [-0.15, -0.1) is 0 Å². The van der Waals surface area contributed by atoms with Crippen LogP contribution in [-0.4, -0.2) is 58.3 Å². The molecule has 1 aliphatic heterocycles. The van der Waals surface area contributed by atoms with Crippen LogP contribution in [-0.2, 0) is 7.05 Å². The van der Waals surface area contributed by atoms with E-state index in [1.54, 1.807) is 4.68 Å². The highest BCUT2D eigenvalue weighted by atomic mass is 16.2. The molecule has 100 valence electrons. The Hall–Kier alpha value is -1.56. The predicted octanol–water partition coefficient (Wildman–Crippen LogP) is 0.898. The maximum absolute atomic E-state index is 12.0. The summed E-state index contributed by atoms with van der Waals surface area (Å²) in [4.78, 5) is 16.2. The normalized spacial score (nSPS) is 16.9. The van der Waals surface area contributed by atoms with Crippen molar-refractivity contribution in [3.63, 3.8) is 0 Å². The summed E-state index contributed by atoms with van der Waals surface area (Å²) in [5, 5.41) is 7.07. The lowest BCUT2D eigenvalue weighted by Crippen LogP contribution is -2.49. The zero-order valence-electron chi connectivity index (χ0n) is 11.3. The first-order valence-corrected chi connectivity index (χ1v) is 6.39. The van der Waals surface area contributed by atoms with Crippen molar-refractivity contribution in [2.75, 3.05) is 38.0 Å². The van der Waals surface area contributed by atoms with Crippen molar-refractivity contribution in [2.24, 2.45) is 7.05 Å².